The molecule has 1 saturated heterocycles. The zero-order valence-electron chi connectivity index (χ0n) is 15.5. The number of hydrogen-bond donors (Lipinski definition) is 2. The van der Waals surface area contributed by atoms with Gasteiger partial charge in [-0.1, -0.05) is 19.1 Å². The van der Waals surface area contributed by atoms with Gasteiger partial charge in [-0.2, -0.15) is 13.2 Å². The summed E-state index contributed by atoms with van der Waals surface area (Å²) < 4.78 is 41.1. The quantitative estimate of drug-likeness (QED) is 0.787. The Labute approximate surface area is 167 Å². The van der Waals surface area contributed by atoms with Gasteiger partial charge in [-0.15, -0.1) is 12.4 Å². The molecule has 0 spiro atoms. The Balaban J connectivity index is 0.00000280. The number of nitrogens with zero attached hydrogens (tertiary/aromatic N) is 2. The van der Waals surface area contributed by atoms with Gasteiger partial charge in [-0.3, -0.25) is 19.4 Å². The third kappa shape index (κ3) is 4.59. The maximum atomic E-state index is 13.7. The molecule has 6 nitrogen and oxygen atoms in total. The Morgan fingerprint density at radius 2 is 2.04 bits per heavy atom. The maximum absolute atomic E-state index is 13.7. The molecular formula is C18H24ClF3N4O2. The molecule has 0 aromatic heterocycles. The molecular weight excluding hydrogens is 397 g/mol. The lowest BCUT2D eigenvalue weighted by molar-refractivity contribution is -0.158. The number of rotatable bonds is 3. The van der Waals surface area contributed by atoms with Crippen LogP contribution in [0.5, 0.6) is 0 Å². The molecule has 2 heterocycles. The van der Waals surface area contributed by atoms with Gasteiger partial charge in [0.2, 0.25) is 11.8 Å². The third-order valence-electron chi connectivity index (χ3n) is 5.26. The van der Waals surface area contributed by atoms with Crippen LogP contribution >= 0.6 is 12.4 Å². The summed E-state index contributed by atoms with van der Waals surface area (Å²) in [5, 5.41) is 2.46. The van der Waals surface area contributed by atoms with Gasteiger partial charge in [0, 0.05) is 6.54 Å². The summed E-state index contributed by atoms with van der Waals surface area (Å²) in [4.78, 5) is 27.5. The molecule has 2 amide bonds. The van der Waals surface area contributed by atoms with Crippen LogP contribution in [0, 0.1) is 5.41 Å². The van der Waals surface area contributed by atoms with Crippen LogP contribution in [0.15, 0.2) is 24.3 Å². The largest absolute Gasteiger partial charge is 0.409 e. The minimum absolute atomic E-state index is 0. The van der Waals surface area contributed by atoms with Crippen molar-refractivity contribution in [1.82, 2.24) is 4.90 Å². The summed E-state index contributed by atoms with van der Waals surface area (Å²) in [5.74, 6) is -1.44. The Morgan fingerprint density at radius 3 is 2.64 bits per heavy atom. The molecule has 1 aromatic carbocycles. The Kier molecular flexibility index (Phi) is 6.62. The topological polar surface area (TPSA) is 78.7 Å². The summed E-state index contributed by atoms with van der Waals surface area (Å²) in [6, 6.07) is 3.87. The van der Waals surface area contributed by atoms with Crippen molar-refractivity contribution in [2.75, 3.05) is 36.4 Å². The third-order valence-corrected chi connectivity index (χ3v) is 5.26. The molecule has 0 aliphatic carbocycles. The SMILES string of the molecule is CC1(CN)CCN(CC(=O)N2c3ccccc3NC(=O)CC2C(F)(F)F)C1.Cl. The number of alkyl halides is 3. The van der Waals surface area contributed by atoms with Gasteiger partial charge in [-0.05, 0) is 37.1 Å². The molecule has 2 aliphatic rings. The zero-order valence-corrected chi connectivity index (χ0v) is 16.3. The Hall–Kier alpha value is -1.84. The molecule has 3 N–H and O–H groups in total. The maximum Gasteiger partial charge on any atom is 0.409 e. The molecule has 0 radical (unpaired) electrons. The number of hydrogen-bond acceptors (Lipinski definition) is 4. The minimum Gasteiger partial charge on any atom is -0.330 e. The Morgan fingerprint density at radius 1 is 1.36 bits per heavy atom. The molecule has 0 saturated carbocycles. The summed E-state index contributed by atoms with van der Waals surface area (Å²) in [6.45, 7) is 3.46. The van der Waals surface area contributed by atoms with Crippen molar-refractivity contribution in [3.05, 3.63) is 24.3 Å². The van der Waals surface area contributed by atoms with Crippen LogP contribution in [0.1, 0.15) is 19.8 Å². The molecule has 10 heteroatoms. The van der Waals surface area contributed by atoms with Crippen LogP contribution in [-0.4, -0.2) is 55.1 Å². The number of para-hydroxylation sites is 2. The van der Waals surface area contributed by atoms with Gasteiger partial charge < -0.3 is 11.1 Å². The molecule has 156 valence electrons. The van der Waals surface area contributed by atoms with Crippen molar-refractivity contribution in [2.24, 2.45) is 11.1 Å². The van der Waals surface area contributed by atoms with Crippen LogP contribution in [0.4, 0.5) is 24.5 Å². The number of carbonyl (C=O) groups is 2. The average Bonchev–Trinajstić information content (AvgIpc) is 2.88. The van der Waals surface area contributed by atoms with Crippen molar-refractivity contribution >= 4 is 35.6 Å². The molecule has 0 bridgehead atoms. The zero-order chi connectivity index (χ0) is 19.8. The fourth-order valence-corrected chi connectivity index (χ4v) is 3.69. The van der Waals surface area contributed by atoms with E-state index in [1.807, 2.05) is 11.8 Å². The van der Waals surface area contributed by atoms with Crippen molar-refractivity contribution < 1.29 is 22.8 Å². The smallest absolute Gasteiger partial charge is 0.330 e. The second kappa shape index (κ2) is 8.26. The number of benzene rings is 1. The predicted octanol–water partition coefficient (Wildman–Crippen LogP) is 2.39. The number of halogens is 4. The molecule has 1 aromatic rings. The molecule has 2 unspecified atom stereocenters. The van der Waals surface area contributed by atoms with E-state index in [0.29, 0.717) is 19.6 Å². The molecule has 2 aliphatic heterocycles. The summed E-state index contributed by atoms with van der Waals surface area (Å²) in [5.41, 5.74) is 5.90. The molecule has 1 fully saturated rings. The van der Waals surface area contributed by atoms with Crippen LogP contribution in [0.25, 0.3) is 0 Å². The van der Waals surface area contributed by atoms with E-state index in [1.165, 1.54) is 12.1 Å². The first-order valence-electron chi connectivity index (χ1n) is 8.83. The highest BCUT2D eigenvalue weighted by Gasteiger charge is 2.49. The second-order valence-corrected chi connectivity index (χ2v) is 7.57. The van der Waals surface area contributed by atoms with Gasteiger partial charge in [0.05, 0.1) is 24.3 Å². The number of nitrogens with one attached hydrogen (secondary N) is 1. The van der Waals surface area contributed by atoms with Crippen molar-refractivity contribution in [3.8, 4) is 0 Å². The van der Waals surface area contributed by atoms with Gasteiger partial charge >= 0.3 is 6.18 Å². The van der Waals surface area contributed by atoms with Crippen LogP contribution in [-0.2, 0) is 9.59 Å². The highest BCUT2D eigenvalue weighted by atomic mass is 35.5. The van der Waals surface area contributed by atoms with Crippen molar-refractivity contribution in [3.63, 3.8) is 0 Å². The van der Waals surface area contributed by atoms with Gasteiger partial charge in [0.1, 0.15) is 6.04 Å². The normalized spacial score (nSPS) is 25.5. The molecule has 28 heavy (non-hydrogen) atoms. The second-order valence-electron chi connectivity index (χ2n) is 7.57. The Bertz CT molecular complexity index is 746. The standard InChI is InChI=1S/C18H23F3N4O2.ClH/c1-17(10-22)6-7-24(11-17)9-16(27)25-13-5-3-2-4-12(13)23-15(26)8-14(25)18(19,20)21;/h2-5,14H,6-11,22H2,1H3,(H,23,26);1H. The van der Waals surface area contributed by atoms with E-state index in [1.54, 1.807) is 12.1 Å². The number of carbonyl (C=O) groups excluding carboxylic acids is 2. The van der Waals surface area contributed by atoms with Crippen LogP contribution in [0.2, 0.25) is 0 Å². The highest BCUT2D eigenvalue weighted by Crippen LogP contribution is 2.38. The van der Waals surface area contributed by atoms with Crippen LogP contribution in [0.3, 0.4) is 0 Å². The summed E-state index contributed by atoms with van der Waals surface area (Å²) in [7, 11) is 0. The number of amides is 2. The lowest BCUT2D eigenvalue weighted by Gasteiger charge is -2.33. The first-order chi connectivity index (χ1) is 12.6. The minimum atomic E-state index is -4.72. The summed E-state index contributed by atoms with van der Waals surface area (Å²) >= 11 is 0. The number of fused-ring (bicyclic) bond motifs is 1. The average molecular weight is 421 g/mol. The van der Waals surface area contributed by atoms with E-state index in [4.69, 9.17) is 5.73 Å². The van der Waals surface area contributed by atoms with Crippen LogP contribution < -0.4 is 16.0 Å². The molecule has 3 rings (SSSR count). The number of anilines is 2. The first-order valence-corrected chi connectivity index (χ1v) is 8.83. The van der Waals surface area contributed by atoms with Gasteiger partial charge in [0.15, 0.2) is 0 Å². The van der Waals surface area contributed by atoms with Crippen molar-refractivity contribution in [1.29, 1.82) is 0 Å². The summed E-state index contributed by atoms with van der Waals surface area (Å²) in [6.07, 6.45) is -4.76. The van der Waals surface area contributed by atoms with E-state index in [0.717, 1.165) is 11.3 Å². The van der Waals surface area contributed by atoms with Crippen molar-refractivity contribution in [2.45, 2.75) is 32.0 Å². The van der Waals surface area contributed by atoms with E-state index in [9.17, 15) is 22.8 Å². The fourth-order valence-electron chi connectivity index (χ4n) is 3.69. The molecule has 2 atom stereocenters. The first kappa shape index (κ1) is 22.4. The van der Waals surface area contributed by atoms with Gasteiger partial charge in [0.25, 0.3) is 0 Å². The number of nitrogens with two attached hydrogens (primary N) is 1. The lowest BCUT2D eigenvalue weighted by Crippen LogP contribution is -2.52. The van der Waals surface area contributed by atoms with E-state index >= 15 is 0 Å². The van der Waals surface area contributed by atoms with E-state index in [2.05, 4.69) is 5.32 Å². The monoisotopic (exact) mass is 420 g/mol. The highest BCUT2D eigenvalue weighted by molar-refractivity contribution is 6.05. The van der Waals surface area contributed by atoms with E-state index < -0.39 is 30.5 Å². The van der Waals surface area contributed by atoms with Gasteiger partial charge in [-0.25, -0.2) is 0 Å². The lowest BCUT2D eigenvalue weighted by atomic mass is 9.90. The fraction of sp³-hybridized carbons (Fsp3) is 0.556. The van der Waals surface area contributed by atoms with E-state index in [-0.39, 0.29) is 35.7 Å². The number of likely N-dealkylation sites (tertiary alicyclic amines) is 1. The predicted molar refractivity (Wildman–Crippen MR) is 102 cm³/mol.